The molecule has 0 radical (unpaired) electrons. The molecule has 0 bridgehead atoms. The van der Waals surface area contributed by atoms with Crippen LogP contribution in [0.5, 0.6) is 0 Å². The van der Waals surface area contributed by atoms with Gasteiger partial charge in [-0.25, -0.2) is 4.79 Å². The van der Waals surface area contributed by atoms with Gasteiger partial charge in [-0.05, 0) is 6.92 Å². The van der Waals surface area contributed by atoms with E-state index in [1.54, 1.807) is 0 Å². The number of carbonyl (C=O) groups excluding carboxylic acids is 3. The summed E-state index contributed by atoms with van der Waals surface area (Å²) in [5.74, 6) is -4.42. The minimum absolute atomic E-state index is 0. The van der Waals surface area contributed by atoms with E-state index in [-0.39, 0.29) is 43.3 Å². The van der Waals surface area contributed by atoms with Gasteiger partial charge in [0.05, 0.1) is 5.97 Å². The molecule has 1 unspecified atom stereocenters. The van der Waals surface area contributed by atoms with E-state index in [4.69, 9.17) is 0 Å². The van der Waals surface area contributed by atoms with E-state index in [9.17, 15) is 24.6 Å². The van der Waals surface area contributed by atoms with Gasteiger partial charge in [0.2, 0.25) is 0 Å². The van der Waals surface area contributed by atoms with Crippen LogP contribution in [0.15, 0.2) is 12.2 Å². The minimum atomic E-state index is -1.84. The zero-order chi connectivity index (χ0) is 11.3. The van der Waals surface area contributed by atoms with Gasteiger partial charge in [-0.3, -0.25) is 0 Å². The standard InChI is InChI=1S/C8H10O6.Ca/c1-4(2)8(13)14-5(7(11)12)3-6(9)10;/h5H,1,3H2,2H3,(H,9,10)(H,11,12);/q;+2/p-2. The molecule has 1 atom stereocenters. The van der Waals surface area contributed by atoms with Gasteiger partial charge >= 0.3 is 43.7 Å². The van der Waals surface area contributed by atoms with Crippen molar-refractivity contribution in [3.63, 3.8) is 0 Å². The molecule has 78 valence electrons. The molecule has 15 heavy (non-hydrogen) atoms. The molecule has 0 aromatic carbocycles. The number of aliphatic carboxylic acids is 2. The fourth-order valence-corrected chi connectivity index (χ4v) is 0.554. The SMILES string of the molecule is C=C(C)C(=O)OC(CC(=O)[O-])C(=O)[O-].[Ca+2]. The number of esters is 1. The van der Waals surface area contributed by atoms with Crippen molar-refractivity contribution in [2.24, 2.45) is 0 Å². The molecular weight excluding hydrogens is 232 g/mol. The van der Waals surface area contributed by atoms with E-state index in [0.717, 1.165) is 0 Å². The third-order valence-electron chi connectivity index (χ3n) is 1.21. The number of hydrogen-bond acceptors (Lipinski definition) is 6. The van der Waals surface area contributed by atoms with E-state index < -0.39 is 30.4 Å². The normalized spacial score (nSPS) is 10.7. The summed E-state index contributed by atoms with van der Waals surface area (Å²) in [7, 11) is 0. The second-order valence-electron chi connectivity index (χ2n) is 2.57. The molecule has 6 nitrogen and oxygen atoms in total. The Kier molecular flexibility index (Phi) is 8.60. The van der Waals surface area contributed by atoms with Crippen LogP contribution >= 0.6 is 0 Å². The first-order valence-electron chi connectivity index (χ1n) is 3.61. The largest absolute Gasteiger partial charge is 2.00 e. The van der Waals surface area contributed by atoms with Crippen molar-refractivity contribution in [2.45, 2.75) is 19.4 Å². The Labute approximate surface area is 116 Å². The summed E-state index contributed by atoms with van der Waals surface area (Å²) in [6, 6.07) is 0. The van der Waals surface area contributed by atoms with Crippen molar-refractivity contribution in [3.8, 4) is 0 Å². The summed E-state index contributed by atoms with van der Waals surface area (Å²) in [4.78, 5) is 31.1. The van der Waals surface area contributed by atoms with Gasteiger partial charge in [-0.15, -0.1) is 0 Å². The van der Waals surface area contributed by atoms with Gasteiger partial charge in [0.25, 0.3) is 0 Å². The predicted octanol–water partition coefficient (Wildman–Crippen LogP) is -3.02. The molecule has 0 fully saturated rings. The maximum Gasteiger partial charge on any atom is 2.00 e. The molecule has 0 aliphatic heterocycles. The second kappa shape index (κ2) is 7.67. The number of ether oxygens (including phenoxy) is 1. The zero-order valence-corrected chi connectivity index (χ0v) is 10.4. The minimum Gasteiger partial charge on any atom is -0.550 e. The van der Waals surface area contributed by atoms with Crippen LogP contribution in [-0.2, 0) is 19.1 Å². The van der Waals surface area contributed by atoms with Crippen LogP contribution in [0.1, 0.15) is 13.3 Å². The summed E-state index contributed by atoms with van der Waals surface area (Å²) in [5.41, 5.74) is -0.0328. The first kappa shape index (κ1) is 16.8. The molecule has 0 aromatic heterocycles. The number of carboxylic acids is 2. The summed E-state index contributed by atoms with van der Waals surface area (Å²) in [5, 5.41) is 20.3. The van der Waals surface area contributed by atoms with Crippen LogP contribution in [0.25, 0.3) is 0 Å². The maximum absolute atomic E-state index is 10.8. The molecule has 0 aliphatic carbocycles. The molecule has 0 aromatic rings. The predicted molar refractivity (Wildman–Crippen MR) is 45.1 cm³/mol. The van der Waals surface area contributed by atoms with Crippen molar-refractivity contribution >= 4 is 55.6 Å². The second-order valence-corrected chi connectivity index (χ2v) is 2.57. The molecule has 0 amide bonds. The molecule has 0 aliphatic rings. The Bertz CT molecular complexity index is 285. The van der Waals surface area contributed by atoms with Crippen molar-refractivity contribution in [3.05, 3.63) is 12.2 Å². The first-order chi connectivity index (χ1) is 6.34. The zero-order valence-electron chi connectivity index (χ0n) is 8.15. The third kappa shape index (κ3) is 7.35. The van der Waals surface area contributed by atoms with E-state index in [2.05, 4.69) is 11.3 Å². The first-order valence-corrected chi connectivity index (χ1v) is 3.61. The van der Waals surface area contributed by atoms with Gasteiger partial charge in [0.15, 0.2) is 0 Å². The quantitative estimate of drug-likeness (QED) is 0.288. The van der Waals surface area contributed by atoms with E-state index in [1.165, 1.54) is 6.92 Å². The van der Waals surface area contributed by atoms with Crippen molar-refractivity contribution < 1.29 is 29.3 Å². The van der Waals surface area contributed by atoms with E-state index in [0.29, 0.717) is 0 Å². The summed E-state index contributed by atoms with van der Waals surface area (Å²) in [6.45, 7) is 4.49. The topological polar surface area (TPSA) is 107 Å². The van der Waals surface area contributed by atoms with Crippen molar-refractivity contribution in [2.75, 3.05) is 0 Å². The number of rotatable bonds is 5. The Morgan fingerprint density at radius 1 is 1.33 bits per heavy atom. The van der Waals surface area contributed by atoms with Gasteiger partial charge in [0.1, 0.15) is 6.10 Å². The monoisotopic (exact) mass is 240 g/mol. The van der Waals surface area contributed by atoms with Gasteiger partial charge in [-0.2, -0.15) is 0 Å². The fraction of sp³-hybridized carbons (Fsp3) is 0.375. The summed E-state index contributed by atoms with van der Waals surface area (Å²) >= 11 is 0. The van der Waals surface area contributed by atoms with Gasteiger partial charge in [-0.1, -0.05) is 6.58 Å². The van der Waals surface area contributed by atoms with Gasteiger partial charge < -0.3 is 24.5 Å². The molecule has 0 saturated carbocycles. The molecule has 0 saturated heterocycles. The molecule has 7 heteroatoms. The smallest absolute Gasteiger partial charge is 0.550 e. The van der Waals surface area contributed by atoms with E-state index in [1.807, 2.05) is 0 Å². The van der Waals surface area contributed by atoms with Gasteiger partial charge in [0, 0.05) is 18.0 Å². The molecule has 0 heterocycles. The molecule has 0 N–H and O–H groups in total. The molecule has 0 spiro atoms. The Balaban J connectivity index is 0. The Morgan fingerprint density at radius 3 is 2.07 bits per heavy atom. The molecular formula is C8H8CaO6. The Morgan fingerprint density at radius 2 is 1.80 bits per heavy atom. The number of carboxylic acid groups (broad SMARTS) is 2. The summed E-state index contributed by atoms with van der Waals surface area (Å²) < 4.78 is 4.26. The van der Waals surface area contributed by atoms with Crippen LogP contribution in [0.2, 0.25) is 0 Å². The van der Waals surface area contributed by atoms with Crippen LogP contribution in [0.3, 0.4) is 0 Å². The average molecular weight is 240 g/mol. The fourth-order valence-electron chi connectivity index (χ4n) is 0.554. The number of hydrogen-bond donors (Lipinski definition) is 0. The maximum atomic E-state index is 10.8. The van der Waals surface area contributed by atoms with Crippen LogP contribution < -0.4 is 10.2 Å². The van der Waals surface area contributed by atoms with Crippen LogP contribution in [-0.4, -0.2) is 61.8 Å². The van der Waals surface area contributed by atoms with Crippen LogP contribution in [0, 0.1) is 0 Å². The van der Waals surface area contributed by atoms with Crippen molar-refractivity contribution in [1.82, 2.24) is 0 Å². The van der Waals surface area contributed by atoms with Crippen molar-refractivity contribution in [1.29, 1.82) is 0 Å². The number of carbonyl (C=O) groups is 3. The third-order valence-corrected chi connectivity index (χ3v) is 1.21. The summed E-state index contributed by atoms with van der Waals surface area (Å²) in [6.07, 6.45) is -2.79. The average Bonchev–Trinajstić information content (AvgIpc) is 2.01. The van der Waals surface area contributed by atoms with E-state index >= 15 is 0 Å². The molecule has 0 rings (SSSR count). The van der Waals surface area contributed by atoms with Crippen LogP contribution in [0.4, 0.5) is 0 Å². The Hall–Kier alpha value is -0.590.